The van der Waals surface area contributed by atoms with Crippen molar-refractivity contribution in [3.05, 3.63) is 23.3 Å². The average molecular weight is 221 g/mol. The number of nitrogens with two attached hydrogens (primary N) is 1. The van der Waals surface area contributed by atoms with Crippen LogP contribution in [0, 0.1) is 0 Å². The molecule has 0 saturated heterocycles. The first-order valence-corrected chi connectivity index (χ1v) is 6.04. The Bertz CT molecular complexity index is 405. The minimum absolute atomic E-state index is 0.493. The zero-order valence-corrected chi connectivity index (χ0v) is 9.63. The van der Waals surface area contributed by atoms with Gasteiger partial charge in [-0.2, -0.15) is 0 Å². The van der Waals surface area contributed by atoms with E-state index < -0.39 is 0 Å². The minimum atomic E-state index is 0.493. The fraction of sp³-hybridized carbons (Fsp3) is 0.455. The van der Waals surface area contributed by atoms with E-state index in [4.69, 9.17) is 5.73 Å². The van der Waals surface area contributed by atoms with Crippen molar-refractivity contribution in [2.75, 3.05) is 6.54 Å². The Kier molecular flexibility index (Phi) is 3.28. The van der Waals surface area contributed by atoms with E-state index in [9.17, 15) is 0 Å². The summed E-state index contributed by atoms with van der Waals surface area (Å²) in [5.41, 5.74) is 6.51. The maximum Gasteiger partial charge on any atom is 0.143 e. The van der Waals surface area contributed by atoms with Crippen molar-refractivity contribution in [2.24, 2.45) is 5.73 Å². The zero-order valence-electron chi connectivity index (χ0n) is 8.81. The SMILES string of the molecule is CC(CCCN)c1nc2cccnc2s1. The standard InChI is InChI=1S/C11H15N3S/c1-8(4-2-6-12)10-14-9-5-3-7-13-11(9)15-10/h3,5,7-8H,2,4,6,12H2,1H3. The summed E-state index contributed by atoms with van der Waals surface area (Å²) in [7, 11) is 0. The van der Waals surface area contributed by atoms with Gasteiger partial charge < -0.3 is 5.73 Å². The van der Waals surface area contributed by atoms with Crippen LogP contribution in [0.3, 0.4) is 0 Å². The quantitative estimate of drug-likeness (QED) is 0.863. The Morgan fingerprint density at radius 2 is 2.40 bits per heavy atom. The van der Waals surface area contributed by atoms with Gasteiger partial charge in [0.15, 0.2) is 0 Å². The Balaban J connectivity index is 2.20. The van der Waals surface area contributed by atoms with Gasteiger partial charge in [0.25, 0.3) is 0 Å². The number of hydrogen-bond acceptors (Lipinski definition) is 4. The van der Waals surface area contributed by atoms with Gasteiger partial charge in [-0.05, 0) is 31.5 Å². The smallest absolute Gasteiger partial charge is 0.143 e. The predicted octanol–water partition coefficient (Wildman–Crippen LogP) is 2.53. The van der Waals surface area contributed by atoms with Crippen LogP contribution in [-0.4, -0.2) is 16.5 Å². The largest absolute Gasteiger partial charge is 0.330 e. The molecule has 0 amide bonds. The molecule has 0 spiro atoms. The molecule has 3 nitrogen and oxygen atoms in total. The second-order valence-electron chi connectivity index (χ2n) is 3.71. The number of nitrogens with zero attached hydrogens (tertiary/aromatic N) is 2. The Labute approximate surface area is 93.4 Å². The molecule has 0 fully saturated rings. The molecule has 15 heavy (non-hydrogen) atoms. The molecule has 2 N–H and O–H groups in total. The second kappa shape index (κ2) is 4.68. The van der Waals surface area contributed by atoms with Crippen LogP contribution in [0.2, 0.25) is 0 Å². The minimum Gasteiger partial charge on any atom is -0.330 e. The molecule has 2 aromatic heterocycles. The molecular weight excluding hydrogens is 206 g/mol. The normalized spacial score (nSPS) is 13.2. The summed E-state index contributed by atoms with van der Waals surface area (Å²) in [6, 6.07) is 3.94. The van der Waals surface area contributed by atoms with Crippen molar-refractivity contribution in [3.63, 3.8) is 0 Å². The number of aromatic nitrogens is 2. The first-order chi connectivity index (χ1) is 7.31. The van der Waals surface area contributed by atoms with Gasteiger partial charge in [0, 0.05) is 12.1 Å². The molecule has 0 radical (unpaired) electrons. The molecule has 0 saturated carbocycles. The molecule has 0 aliphatic heterocycles. The highest BCUT2D eigenvalue weighted by molar-refractivity contribution is 7.18. The van der Waals surface area contributed by atoms with Gasteiger partial charge in [-0.15, -0.1) is 0 Å². The van der Waals surface area contributed by atoms with Crippen LogP contribution < -0.4 is 5.73 Å². The molecule has 0 bridgehead atoms. The van der Waals surface area contributed by atoms with E-state index in [-0.39, 0.29) is 0 Å². The van der Waals surface area contributed by atoms with E-state index in [2.05, 4.69) is 16.9 Å². The van der Waals surface area contributed by atoms with Gasteiger partial charge in [-0.1, -0.05) is 18.3 Å². The maximum atomic E-state index is 5.50. The summed E-state index contributed by atoms with van der Waals surface area (Å²) in [5.74, 6) is 0.493. The van der Waals surface area contributed by atoms with Crippen molar-refractivity contribution >= 4 is 21.7 Å². The Morgan fingerprint density at radius 3 is 3.13 bits per heavy atom. The lowest BCUT2D eigenvalue weighted by Gasteiger charge is -2.05. The van der Waals surface area contributed by atoms with E-state index in [1.807, 2.05) is 18.3 Å². The van der Waals surface area contributed by atoms with Crippen LogP contribution in [0.25, 0.3) is 10.3 Å². The van der Waals surface area contributed by atoms with Crippen LogP contribution in [0.4, 0.5) is 0 Å². The van der Waals surface area contributed by atoms with Gasteiger partial charge in [0.1, 0.15) is 10.3 Å². The average Bonchev–Trinajstić information content (AvgIpc) is 2.69. The number of hydrogen-bond donors (Lipinski definition) is 1. The highest BCUT2D eigenvalue weighted by Crippen LogP contribution is 2.28. The molecule has 2 rings (SSSR count). The molecule has 0 aliphatic carbocycles. The topological polar surface area (TPSA) is 51.8 Å². The zero-order chi connectivity index (χ0) is 10.7. The van der Waals surface area contributed by atoms with Crippen LogP contribution in [0.1, 0.15) is 30.7 Å². The molecular formula is C11H15N3S. The number of pyridine rings is 1. The van der Waals surface area contributed by atoms with E-state index in [1.165, 1.54) is 5.01 Å². The Morgan fingerprint density at radius 1 is 1.53 bits per heavy atom. The molecule has 2 aromatic rings. The van der Waals surface area contributed by atoms with Gasteiger partial charge in [0.05, 0.1) is 5.01 Å². The predicted molar refractivity (Wildman–Crippen MR) is 64.1 cm³/mol. The molecule has 4 heteroatoms. The fourth-order valence-corrected chi connectivity index (χ4v) is 2.54. The summed E-state index contributed by atoms with van der Waals surface area (Å²) in [4.78, 5) is 9.91. The number of thiazole rings is 1. The first kappa shape index (κ1) is 10.5. The molecule has 0 aromatic carbocycles. The lowest BCUT2D eigenvalue weighted by Crippen LogP contribution is -2.01. The van der Waals surface area contributed by atoms with E-state index in [0.717, 1.165) is 29.7 Å². The fourth-order valence-electron chi connectivity index (χ4n) is 1.54. The van der Waals surface area contributed by atoms with Gasteiger partial charge in [-0.25, -0.2) is 9.97 Å². The maximum absolute atomic E-state index is 5.50. The van der Waals surface area contributed by atoms with Gasteiger partial charge in [-0.3, -0.25) is 0 Å². The summed E-state index contributed by atoms with van der Waals surface area (Å²) in [5, 5.41) is 1.18. The van der Waals surface area contributed by atoms with Gasteiger partial charge in [0.2, 0.25) is 0 Å². The molecule has 1 unspecified atom stereocenters. The van der Waals surface area contributed by atoms with Crippen LogP contribution in [-0.2, 0) is 0 Å². The van der Waals surface area contributed by atoms with Crippen molar-refractivity contribution in [2.45, 2.75) is 25.7 Å². The van der Waals surface area contributed by atoms with Crippen molar-refractivity contribution in [3.8, 4) is 0 Å². The third-order valence-corrected chi connectivity index (χ3v) is 3.66. The van der Waals surface area contributed by atoms with Crippen molar-refractivity contribution in [1.29, 1.82) is 0 Å². The highest BCUT2D eigenvalue weighted by Gasteiger charge is 2.11. The van der Waals surface area contributed by atoms with Crippen molar-refractivity contribution < 1.29 is 0 Å². The van der Waals surface area contributed by atoms with Crippen LogP contribution in [0.5, 0.6) is 0 Å². The first-order valence-electron chi connectivity index (χ1n) is 5.23. The summed E-state index contributed by atoms with van der Waals surface area (Å²) >= 11 is 1.69. The number of rotatable bonds is 4. The van der Waals surface area contributed by atoms with Crippen molar-refractivity contribution in [1.82, 2.24) is 9.97 Å². The third kappa shape index (κ3) is 2.33. The summed E-state index contributed by atoms with van der Waals surface area (Å²) in [6.07, 6.45) is 3.98. The third-order valence-electron chi connectivity index (χ3n) is 2.45. The van der Waals surface area contributed by atoms with Crippen LogP contribution >= 0.6 is 11.3 Å². The Hall–Kier alpha value is -1.00. The van der Waals surface area contributed by atoms with Crippen LogP contribution in [0.15, 0.2) is 18.3 Å². The molecule has 0 aliphatic rings. The highest BCUT2D eigenvalue weighted by atomic mass is 32.1. The van der Waals surface area contributed by atoms with E-state index in [1.54, 1.807) is 11.3 Å². The molecule has 80 valence electrons. The molecule has 1 atom stereocenters. The van der Waals surface area contributed by atoms with Gasteiger partial charge >= 0.3 is 0 Å². The summed E-state index contributed by atoms with van der Waals surface area (Å²) < 4.78 is 0. The second-order valence-corrected chi connectivity index (χ2v) is 4.72. The molecule has 2 heterocycles. The number of fused-ring (bicyclic) bond motifs is 1. The monoisotopic (exact) mass is 221 g/mol. The summed E-state index contributed by atoms with van der Waals surface area (Å²) in [6.45, 7) is 2.96. The lowest BCUT2D eigenvalue weighted by atomic mass is 10.1. The van der Waals surface area contributed by atoms with E-state index in [0.29, 0.717) is 5.92 Å². The van der Waals surface area contributed by atoms with E-state index >= 15 is 0 Å². The lowest BCUT2D eigenvalue weighted by molar-refractivity contribution is 0.638.